The molecule has 1 aliphatic heterocycles. The summed E-state index contributed by atoms with van der Waals surface area (Å²) in [5.41, 5.74) is 9.83. The Morgan fingerprint density at radius 2 is 2.08 bits per heavy atom. The number of rotatable bonds is 6. The third kappa shape index (κ3) is 3.58. The summed E-state index contributed by atoms with van der Waals surface area (Å²) in [6.07, 6.45) is 5.21. The van der Waals surface area contributed by atoms with E-state index in [1.54, 1.807) is 6.33 Å². The summed E-state index contributed by atoms with van der Waals surface area (Å²) in [7, 11) is 0. The molecule has 4 rings (SSSR count). The molecule has 7 nitrogen and oxygen atoms in total. The van der Waals surface area contributed by atoms with Gasteiger partial charge in [0.1, 0.15) is 12.1 Å². The molecule has 0 unspecified atom stereocenters. The van der Waals surface area contributed by atoms with Crippen molar-refractivity contribution in [2.75, 3.05) is 18.5 Å². The maximum Gasteiger partial charge on any atom is 0.237 e. The second-order valence-electron chi connectivity index (χ2n) is 6.25. The predicted molar refractivity (Wildman–Crippen MR) is 99.0 cm³/mol. The highest BCUT2D eigenvalue weighted by Crippen LogP contribution is 2.24. The highest BCUT2D eigenvalue weighted by atomic mass is 16.5. The Morgan fingerprint density at radius 3 is 2.92 bits per heavy atom. The number of imidazole rings is 1. The molecular formula is C19H22N6O. The van der Waals surface area contributed by atoms with Crippen molar-refractivity contribution in [2.24, 2.45) is 5.73 Å². The summed E-state index contributed by atoms with van der Waals surface area (Å²) in [6, 6.07) is 10.3. The summed E-state index contributed by atoms with van der Waals surface area (Å²) in [4.78, 5) is 13.8. The van der Waals surface area contributed by atoms with Crippen LogP contribution in [-0.2, 0) is 30.7 Å². The van der Waals surface area contributed by atoms with Gasteiger partial charge in [0.25, 0.3) is 0 Å². The number of nitrogens with zero attached hydrogens (tertiary/aromatic N) is 4. The Kier molecular flexibility index (Phi) is 4.90. The average Bonchev–Trinajstić information content (AvgIpc) is 3.16. The zero-order valence-electron chi connectivity index (χ0n) is 14.6. The van der Waals surface area contributed by atoms with Crippen LogP contribution in [0.4, 0.5) is 5.82 Å². The van der Waals surface area contributed by atoms with Gasteiger partial charge in [-0.25, -0.2) is 9.97 Å². The Hall–Kier alpha value is -2.77. The second-order valence-corrected chi connectivity index (χ2v) is 6.25. The molecule has 0 fully saturated rings. The van der Waals surface area contributed by atoms with Crippen LogP contribution in [0.5, 0.6) is 0 Å². The van der Waals surface area contributed by atoms with E-state index in [4.69, 9.17) is 20.4 Å². The summed E-state index contributed by atoms with van der Waals surface area (Å²) in [5.74, 6) is 1.44. The van der Waals surface area contributed by atoms with Crippen molar-refractivity contribution >= 4 is 5.82 Å². The molecule has 1 aromatic carbocycles. The molecule has 0 aliphatic carbocycles. The molecule has 1 aliphatic rings. The van der Waals surface area contributed by atoms with Crippen molar-refractivity contribution in [2.45, 2.75) is 26.0 Å². The molecular weight excluding hydrogens is 328 g/mol. The van der Waals surface area contributed by atoms with Gasteiger partial charge in [-0.15, -0.1) is 0 Å². The van der Waals surface area contributed by atoms with Gasteiger partial charge in [-0.3, -0.25) is 4.57 Å². The van der Waals surface area contributed by atoms with Crippen molar-refractivity contribution in [3.8, 4) is 5.95 Å². The number of aromatic nitrogens is 4. The predicted octanol–water partition coefficient (Wildman–Crippen LogP) is 1.85. The first-order valence-corrected chi connectivity index (χ1v) is 8.82. The largest absolute Gasteiger partial charge is 0.376 e. The zero-order valence-corrected chi connectivity index (χ0v) is 14.6. The van der Waals surface area contributed by atoms with Gasteiger partial charge in [-0.1, -0.05) is 30.3 Å². The number of fused-ring (bicyclic) bond motifs is 1. The summed E-state index contributed by atoms with van der Waals surface area (Å²) in [5, 5.41) is 3.45. The van der Waals surface area contributed by atoms with Crippen LogP contribution in [0.15, 0.2) is 42.9 Å². The second kappa shape index (κ2) is 7.63. The minimum atomic E-state index is 0.537. The van der Waals surface area contributed by atoms with Gasteiger partial charge in [0.05, 0.1) is 24.6 Å². The first-order chi connectivity index (χ1) is 12.8. The van der Waals surface area contributed by atoms with E-state index in [9.17, 15) is 0 Å². The van der Waals surface area contributed by atoms with E-state index in [0.29, 0.717) is 32.3 Å². The molecule has 0 bridgehead atoms. The molecule has 0 amide bonds. The van der Waals surface area contributed by atoms with Gasteiger partial charge in [-0.2, -0.15) is 4.98 Å². The lowest BCUT2D eigenvalue weighted by atomic mass is 10.1. The molecule has 3 heterocycles. The quantitative estimate of drug-likeness (QED) is 0.705. The molecule has 0 saturated heterocycles. The number of hydrogen-bond acceptors (Lipinski definition) is 6. The molecule has 26 heavy (non-hydrogen) atoms. The van der Waals surface area contributed by atoms with E-state index >= 15 is 0 Å². The van der Waals surface area contributed by atoms with Gasteiger partial charge in [0.2, 0.25) is 5.95 Å². The molecule has 0 spiro atoms. The molecule has 0 radical (unpaired) electrons. The first kappa shape index (κ1) is 16.7. The van der Waals surface area contributed by atoms with E-state index < -0.39 is 0 Å². The van der Waals surface area contributed by atoms with Crippen LogP contribution >= 0.6 is 0 Å². The molecule has 3 N–H and O–H groups in total. The van der Waals surface area contributed by atoms with Crippen LogP contribution < -0.4 is 11.1 Å². The number of hydrogen-bond donors (Lipinski definition) is 2. The van der Waals surface area contributed by atoms with E-state index in [1.807, 2.05) is 29.0 Å². The number of ether oxygens (including phenoxy) is 1. The van der Waals surface area contributed by atoms with Crippen molar-refractivity contribution < 1.29 is 4.74 Å². The van der Waals surface area contributed by atoms with Gasteiger partial charge < -0.3 is 15.8 Å². The molecule has 134 valence electrons. The van der Waals surface area contributed by atoms with Crippen LogP contribution in [0.25, 0.3) is 5.95 Å². The highest BCUT2D eigenvalue weighted by molar-refractivity contribution is 5.49. The Labute approximate surface area is 152 Å². The van der Waals surface area contributed by atoms with Gasteiger partial charge in [-0.05, 0) is 12.1 Å². The fraction of sp³-hybridized carbons (Fsp3) is 0.316. The fourth-order valence-electron chi connectivity index (χ4n) is 3.01. The Morgan fingerprint density at radius 1 is 1.19 bits per heavy atom. The van der Waals surface area contributed by atoms with E-state index in [2.05, 4.69) is 22.4 Å². The number of benzene rings is 1. The van der Waals surface area contributed by atoms with Gasteiger partial charge in [0.15, 0.2) is 0 Å². The zero-order chi connectivity index (χ0) is 17.8. The maximum atomic E-state index is 5.62. The first-order valence-electron chi connectivity index (χ1n) is 8.82. The van der Waals surface area contributed by atoms with Crippen molar-refractivity contribution in [1.29, 1.82) is 0 Å². The Balaban J connectivity index is 1.65. The third-order valence-corrected chi connectivity index (χ3v) is 4.38. The molecule has 2 aromatic heterocycles. The minimum absolute atomic E-state index is 0.537. The lowest BCUT2D eigenvalue weighted by Crippen LogP contribution is -2.18. The number of nitrogens with two attached hydrogens (primary N) is 1. The minimum Gasteiger partial charge on any atom is -0.376 e. The van der Waals surface area contributed by atoms with Gasteiger partial charge in [0, 0.05) is 31.1 Å². The van der Waals surface area contributed by atoms with E-state index in [0.717, 1.165) is 35.6 Å². The van der Waals surface area contributed by atoms with Crippen LogP contribution in [0, 0.1) is 0 Å². The van der Waals surface area contributed by atoms with Crippen LogP contribution in [0.2, 0.25) is 0 Å². The number of anilines is 1. The molecule has 3 aromatic rings. The Bertz CT molecular complexity index is 877. The third-order valence-electron chi connectivity index (χ3n) is 4.38. The van der Waals surface area contributed by atoms with E-state index in [-0.39, 0.29) is 0 Å². The smallest absolute Gasteiger partial charge is 0.237 e. The highest BCUT2D eigenvalue weighted by Gasteiger charge is 2.19. The van der Waals surface area contributed by atoms with Crippen LogP contribution in [-0.4, -0.2) is 32.7 Å². The summed E-state index contributed by atoms with van der Waals surface area (Å²) < 4.78 is 7.47. The number of nitrogens with one attached hydrogen (secondary N) is 1. The van der Waals surface area contributed by atoms with Crippen LogP contribution in [0.1, 0.15) is 22.5 Å². The lowest BCUT2D eigenvalue weighted by Gasteiger charge is -2.20. The topological polar surface area (TPSA) is 90.9 Å². The van der Waals surface area contributed by atoms with Crippen molar-refractivity contribution in [3.63, 3.8) is 0 Å². The van der Waals surface area contributed by atoms with Crippen molar-refractivity contribution in [1.82, 2.24) is 19.5 Å². The van der Waals surface area contributed by atoms with E-state index in [1.165, 1.54) is 5.56 Å². The molecule has 7 heteroatoms. The summed E-state index contributed by atoms with van der Waals surface area (Å²) in [6.45, 7) is 2.49. The monoisotopic (exact) mass is 350 g/mol. The standard InChI is InChI=1S/C19H22N6O/c20-8-6-15-11-25(13-22-15)19-23-17-7-9-26-12-16(17)18(24-19)21-10-14-4-2-1-3-5-14/h1-5,11,13H,6-10,12,20H2,(H,21,23,24). The fourth-order valence-corrected chi connectivity index (χ4v) is 3.01. The van der Waals surface area contributed by atoms with Crippen molar-refractivity contribution in [3.05, 3.63) is 65.4 Å². The van der Waals surface area contributed by atoms with Gasteiger partial charge >= 0.3 is 0 Å². The maximum absolute atomic E-state index is 5.62. The summed E-state index contributed by atoms with van der Waals surface area (Å²) >= 11 is 0. The molecule has 0 saturated carbocycles. The lowest BCUT2D eigenvalue weighted by molar-refractivity contribution is 0.109. The normalized spacial score (nSPS) is 13.4. The average molecular weight is 350 g/mol. The van der Waals surface area contributed by atoms with Crippen LogP contribution in [0.3, 0.4) is 0 Å². The molecule has 0 atom stereocenters. The SMILES string of the molecule is NCCc1cn(-c2nc3c(c(NCc4ccccc4)n2)COCC3)cn1.